The molecule has 3 aliphatic rings. The number of hydrogen-bond acceptors (Lipinski definition) is 6. The van der Waals surface area contributed by atoms with Gasteiger partial charge in [-0.15, -0.1) is 11.8 Å². The van der Waals surface area contributed by atoms with Crippen LogP contribution in [0, 0.1) is 0 Å². The van der Waals surface area contributed by atoms with Crippen LogP contribution < -0.4 is 16.1 Å². The highest BCUT2D eigenvalue weighted by atomic mass is 32.2. The molecule has 0 spiro atoms. The topological polar surface area (TPSA) is 138 Å². The van der Waals surface area contributed by atoms with Gasteiger partial charge in [-0.05, 0) is 62.3 Å². The van der Waals surface area contributed by atoms with Crippen LogP contribution in [0.4, 0.5) is 0 Å². The summed E-state index contributed by atoms with van der Waals surface area (Å²) in [6, 6.07) is 9.31. The van der Waals surface area contributed by atoms with Gasteiger partial charge in [-0.3, -0.25) is 19.2 Å². The van der Waals surface area contributed by atoms with E-state index in [4.69, 9.17) is 0 Å². The number of pyridine rings is 1. The van der Waals surface area contributed by atoms with Gasteiger partial charge in [0.2, 0.25) is 17.2 Å². The van der Waals surface area contributed by atoms with Crippen LogP contribution in [0.2, 0.25) is 0 Å². The molecule has 2 saturated heterocycles. The number of carbonyl (C=O) groups excluding carboxylic acids is 3. The Balaban J connectivity index is 1.28. The molecule has 6 rings (SSSR count). The summed E-state index contributed by atoms with van der Waals surface area (Å²) in [7, 11) is 0. The zero-order valence-electron chi connectivity index (χ0n) is 25.0. The van der Waals surface area contributed by atoms with Crippen molar-refractivity contribution in [1.29, 1.82) is 0 Å². The van der Waals surface area contributed by atoms with E-state index in [2.05, 4.69) is 17.6 Å². The number of carbonyl (C=O) groups is 4. The number of carboxylic acids is 1. The minimum absolute atomic E-state index is 0.0521. The molecule has 4 heterocycles. The molecule has 230 valence electrons. The Hall–Kier alpha value is -4.12. The Morgan fingerprint density at radius 3 is 2.57 bits per heavy atom. The van der Waals surface area contributed by atoms with E-state index in [0.29, 0.717) is 17.5 Å². The number of aromatic nitrogens is 1. The summed E-state index contributed by atoms with van der Waals surface area (Å²) in [5, 5.41) is 15.2. The highest BCUT2D eigenvalue weighted by Gasteiger charge is 2.64. The van der Waals surface area contributed by atoms with E-state index in [9.17, 15) is 29.1 Å². The molecule has 10 nitrogen and oxygen atoms in total. The monoisotopic (exact) mass is 616 g/mol. The first-order valence-corrected chi connectivity index (χ1v) is 16.0. The maximum Gasteiger partial charge on any atom is 0.327 e. The third-order valence-corrected chi connectivity index (χ3v) is 10.5. The number of thioether (sulfide) groups is 1. The summed E-state index contributed by atoms with van der Waals surface area (Å²) in [5.41, 5.74) is 3.34. The van der Waals surface area contributed by atoms with E-state index < -0.39 is 51.9 Å². The Labute approximate surface area is 259 Å². The van der Waals surface area contributed by atoms with E-state index in [1.165, 1.54) is 27.8 Å². The zero-order chi connectivity index (χ0) is 31.3. The number of amides is 3. The average Bonchev–Trinajstić information content (AvgIpc) is 3.27. The number of hydrogen-bond donors (Lipinski definition) is 3. The van der Waals surface area contributed by atoms with Crippen molar-refractivity contribution < 1.29 is 24.3 Å². The Kier molecular flexibility index (Phi) is 7.77. The van der Waals surface area contributed by atoms with E-state index in [1.54, 1.807) is 50.4 Å². The van der Waals surface area contributed by atoms with Crippen LogP contribution in [0.15, 0.2) is 53.5 Å². The molecule has 0 radical (unpaired) electrons. The van der Waals surface area contributed by atoms with Crippen molar-refractivity contribution in [3.05, 3.63) is 81.1 Å². The van der Waals surface area contributed by atoms with Gasteiger partial charge in [-0.25, -0.2) is 4.79 Å². The van der Waals surface area contributed by atoms with Crippen LogP contribution >= 0.6 is 11.8 Å². The zero-order valence-corrected chi connectivity index (χ0v) is 25.8. The number of unbranched alkanes of at least 4 members (excludes halogenated alkanes) is 1. The lowest BCUT2D eigenvalue weighted by atomic mass is 9.92. The molecule has 3 amide bonds. The van der Waals surface area contributed by atoms with Crippen molar-refractivity contribution >= 4 is 46.4 Å². The molecule has 0 aliphatic carbocycles. The summed E-state index contributed by atoms with van der Waals surface area (Å²) in [6.45, 7) is 6.35. The number of rotatable bonds is 9. The Bertz CT molecular complexity index is 1740. The van der Waals surface area contributed by atoms with Gasteiger partial charge in [0.15, 0.2) is 0 Å². The molecule has 4 unspecified atom stereocenters. The second-order valence-electron chi connectivity index (χ2n) is 12.3. The molecule has 3 N–H and O–H groups in total. The van der Waals surface area contributed by atoms with Crippen molar-refractivity contribution in [3.8, 4) is 0 Å². The third-order valence-electron chi connectivity index (χ3n) is 8.95. The van der Waals surface area contributed by atoms with Crippen LogP contribution in [-0.2, 0) is 33.8 Å². The second kappa shape index (κ2) is 11.4. The molecule has 44 heavy (non-hydrogen) atoms. The van der Waals surface area contributed by atoms with Crippen LogP contribution in [0.1, 0.15) is 73.1 Å². The van der Waals surface area contributed by atoms with Crippen LogP contribution in [0.25, 0.3) is 10.9 Å². The Morgan fingerprint density at radius 2 is 1.86 bits per heavy atom. The van der Waals surface area contributed by atoms with Crippen LogP contribution in [0.5, 0.6) is 0 Å². The molecule has 11 heteroatoms. The second-order valence-corrected chi connectivity index (χ2v) is 14.0. The average molecular weight is 617 g/mol. The molecular weight excluding hydrogens is 580 g/mol. The summed E-state index contributed by atoms with van der Waals surface area (Å²) in [5.74, 6) is -2.88. The normalized spacial score (nSPS) is 22.2. The fourth-order valence-electron chi connectivity index (χ4n) is 6.79. The van der Waals surface area contributed by atoms with Crippen molar-refractivity contribution in [2.45, 2.75) is 87.7 Å². The number of aliphatic carboxylic acids is 1. The summed E-state index contributed by atoms with van der Waals surface area (Å²) in [6.07, 6.45) is 6.47. The van der Waals surface area contributed by atoms with Gasteiger partial charge >= 0.3 is 5.97 Å². The van der Waals surface area contributed by atoms with Crippen LogP contribution in [0.3, 0.4) is 0 Å². The van der Waals surface area contributed by atoms with Gasteiger partial charge in [0.25, 0.3) is 5.91 Å². The van der Waals surface area contributed by atoms with Gasteiger partial charge in [0.05, 0.1) is 5.52 Å². The molecule has 3 aromatic rings. The number of nitrogens with zero attached hydrogens (tertiary/aromatic N) is 2. The highest BCUT2D eigenvalue weighted by Crippen LogP contribution is 2.50. The van der Waals surface area contributed by atoms with Crippen molar-refractivity contribution in [3.63, 3.8) is 0 Å². The highest BCUT2D eigenvalue weighted by molar-refractivity contribution is 8.01. The van der Waals surface area contributed by atoms with Crippen molar-refractivity contribution in [2.24, 2.45) is 0 Å². The van der Waals surface area contributed by atoms with Crippen LogP contribution in [-0.4, -0.2) is 60.5 Å². The molecule has 3 aliphatic heterocycles. The van der Waals surface area contributed by atoms with E-state index in [0.717, 1.165) is 37.6 Å². The smallest absolute Gasteiger partial charge is 0.327 e. The van der Waals surface area contributed by atoms with Gasteiger partial charge in [0.1, 0.15) is 29.1 Å². The number of β-lactam (4-membered cyclic amide) rings is 1. The third kappa shape index (κ3) is 4.96. The quantitative estimate of drug-likeness (QED) is 0.314. The SMILES string of the molecule is CCCCc1ccc2c(=O)c(C(=O)NC(C(=O)NC3C(=O)N4C3SC(C)(C)C4C(=O)O)c3ccccc3)cn3c2c1CCC3. The molecule has 4 atom stereocenters. The van der Waals surface area contributed by atoms with Crippen molar-refractivity contribution in [1.82, 2.24) is 20.1 Å². The largest absolute Gasteiger partial charge is 0.480 e. The molecule has 1 aromatic heterocycles. The molecule has 0 bridgehead atoms. The fourth-order valence-corrected chi connectivity index (χ4v) is 8.42. The molecule has 2 aromatic carbocycles. The molecular formula is C33H36N4O6S. The van der Waals surface area contributed by atoms with Gasteiger partial charge in [-0.1, -0.05) is 49.7 Å². The first kappa shape index (κ1) is 29.9. The standard InChI is InChI=1S/C33H36N4O6S/c1-4-5-10-18-14-15-21-25-20(18)13-9-16-36(25)17-22(26(21)38)28(39)34-23(19-11-7-6-8-12-19)29(40)35-24-30(41)37-27(32(42)43)33(2,3)44-31(24)37/h6-8,11-12,14-15,17,23-24,27,31H,4-5,9-10,13,16H2,1-3H3,(H,34,39)(H,35,40)(H,42,43). The number of carboxylic acid groups (broad SMARTS) is 1. The lowest BCUT2D eigenvalue weighted by molar-refractivity contribution is -0.161. The molecule has 2 fully saturated rings. The van der Waals surface area contributed by atoms with E-state index in [1.807, 2.05) is 16.7 Å². The first-order chi connectivity index (χ1) is 21.0. The van der Waals surface area contributed by atoms with E-state index in [-0.39, 0.29) is 11.0 Å². The Morgan fingerprint density at radius 1 is 1.11 bits per heavy atom. The predicted octanol–water partition coefficient (Wildman–Crippen LogP) is 3.39. The summed E-state index contributed by atoms with van der Waals surface area (Å²) in [4.78, 5) is 67.4. The minimum atomic E-state index is -1.19. The van der Waals surface area contributed by atoms with Gasteiger partial charge in [-0.2, -0.15) is 0 Å². The number of aryl methyl sites for hydroxylation is 3. The fraction of sp³-hybridized carbons (Fsp3) is 0.424. The number of nitrogens with one attached hydrogen (secondary N) is 2. The van der Waals surface area contributed by atoms with Crippen molar-refractivity contribution in [2.75, 3.05) is 0 Å². The maximum atomic E-state index is 13.7. The van der Waals surface area contributed by atoms with E-state index >= 15 is 0 Å². The lowest BCUT2D eigenvalue weighted by Crippen LogP contribution is -2.71. The van der Waals surface area contributed by atoms with Gasteiger partial charge in [0, 0.05) is 22.9 Å². The number of benzene rings is 2. The maximum absolute atomic E-state index is 13.7. The summed E-state index contributed by atoms with van der Waals surface area (Å²) >= 11 is 1.32. The predicted molar refractivity (Wildman–Crippen MR) is 167 cm³/mol. The molecule has 0 saturated carbocycles. The first-order valence-electron chi connectivity index (χ1n) is 15.1. The van der Waals surface area contributed by atoms with Gasteiger partial charge < -0.3 is 25.2 Å². The summed E-state index contributed by atoms with van der Waals surface area (Å²) < 4.78 is 1.24. The number of fused-ring (bicyclic) bond motifs is 1. The lowest BCUT2D eigenvalue weighted by Gasteiger charge is -2.44. The minimum Gasteiger partial charge on any atom is -0.480 e.